The second kappa shape index (κ2) is 4.15. The number of halogens is 2. The molecule has 1 saturated heterocycles. The Morgan fingerprint density at radius 3 is 3.00 bits per heavy atom. The number of rotatable bonds is 1. The maximum atomic E-state index is 6.06. The fourth-order valence-corrected chi connectivity index (χ4v) is 2.66. The van der Waals surface area contributed by atoms with Crippen LogP contribution in [0.3, 0.4) is 0 Å². The van der Waals surface area contributed by atoms with Gasteiger partial charge in [-0.05, 0) is 53.6 Å². The lowest BCUT2D eigenvalue weighted by molar-refractivity contribution is 0.645. The van der Waals surface area contributed by atoms with Crippen molar-refractivity contribution in [1.82, 2.24) is 5.32 Å². The summed E-state index contributed by atoms with van der Waals surface area (Å²) in [4.78, 5) is 0. The van der Waals surface area contributed by atoms with Crippen LogP contribution in [0.25, 0.3) is 0 Å². The van der Waals surface area contributed by atoms with Crippen molar-refractivity contribution in [2.24, 2.45) is 0 Å². The molecule has 2 rings (SSSR count). The summed E-state index contributed by atoms with van der Waals surface area (Å²) in [5, 5.41) is 4.34. The summed E-state index contributed by atoms with van der Waals surface area (Å²) in [7, 11) is 0. The third kappa shape index (κ3) is 2.00. The number of nitrogens with one attached hydrogen (secondary N) is 1. The molecule has 1 aliphatic heterocycles. The van der Waals surface area contributed by atoms with Crippen molar-refractivity contribution >= 4 is 34.2 Å². The molecule has 1 nitrogen and oxygen atoms in total. The molecule has 1 N–H and O–H groups in total. The quantitative estimate of drug-likeness (QED) is 0.785. The molecule has 1 heterocycles. The summed E-state index contributed by atoms with van der Waals surface area (Å²) >= 11 is 8.38. The summed E-state index contributed by atoms with van der Waals surface area (Å²) in [6.45, 7) is 1.13. The molecular formula is C10H11ClIN. The Kier molecular flexibility index (Phi) is 3.11. The van der Waals surface area contributed by atoms with Gasteiger partial charge in [0.2, 0.25) is 0 Å². The minimum Gasteiger partial charge on any atom is -0.310 e. The number of hydrogen-bond donors (Lipinski definition) is 1. The van der Waals surface area contributed by atoms with E-state index in [4.69, 9.17) is 11.6 Å². The van der Waals surface area contributed by atoms with Crippen LogP contribution in [0.4, 0.5) is 0 Å². The van der Waals surface area contributed by atoms with Crippen LogP contribution in [-0.2, 0) is 0 Å². The summed E-state index contributed by atoms with van der Waals surface area (Å²) in [6.07, 6.45) is 2.50. The van der Waals surface area contributed by atoms with Gasteiger partial charge in [-0.3, -0.25) is 0 Å². The maximum Gasteiger partial charge on any atom is 0.0542 e. The number of benzene rings is 1. The number of hydrogen-bond acceptors (Lipinski definition) is 1. The summed E-state index contributed by atoms with van der Waals surface area (Å²) in [5.74, 6) is 0. The van der Waals surface area contributed by atoms with Gasteiger partial charge in [-0.2, -0.15) is 0 Å². The van der Waals surface area contributed by atoms with Crippen LogP contribution in [0.5, 0.6) is 0 Å². The highest BCUT2D eigenvalue weighted by Crippen LogP contribution is 2.30. The van der Waals surface area contributed by atoms with Crippen LogP contribution in [-0.4, -0.2) is 6.54 Å². The monoisotopic (exact) mass is 307 g/mol. The lowest BCUT2D eigenvalue weighted by Gasteiger charge is -2.13. The molecule has 1 aromatic rings. The molecule has 1 atom stereocenters. The first-order valence-electron chi connectivity index (χ1n) is 4.46. The van der Waals surface area contributed by atoms with E-state index >= 15 is 0 Å². The molecule has 1 aromatic carbocycles. The third-order valence-corrected chi connectivity index (χ3v) is 4.25. The van der Waals surface area contributed by atoms with Crippen molar-refractivity contribution in [3.8, 4) is 0 Å². The van der Waals surface area contributed by atoms with Crippen molar-refractivity contribution in [3.05, 3.63) is 32.4 Å². The fourth-order valence-electron chi connectivity index (χ4n) is 1.74. The van der Waals surface area contributed by atoms with E-state index in [0.717, 1.165) is 11.6 Å². The standard InChI is InChI=1S/C10H11ClIN/c11-8-4-1-3-7(10(8)12)9-5-2-6-13-9/h1,3-4,9,13H,2,5-6H2/t9-/m0/s1. The summed E-state index contributed by atoms with van der Waals surface area (Å²) in [6, 6.07) is 6.66. The van der Waals surface area contributed by atoms with Gasteiger partial charge >= 0.3 is 0 Å². The van der Waals surface area contributed by atoms with Gasteiger partial charge in [0.25, 0.3) is 0 Å². The minimum atomic E-state index is 0.519. The summed E-state index contributed by atoms with van der Waals surface area (Å²) < 4.78 is 1.20. The van der Waals surface area contributed by atoms with Crippen molar-refractivity contribution in [2.75, 3.05) is 6.54 Å². The topological polar surface area (TPSA) is 12.0 Å². The molecule has 0 aromatic heterocycles. The molecule has 0 spiro atoms. The van der Waals surface area contributed by atoms with Gasteiger partial charge in [0.05, 0.1) is 5.02 Å². The van der Waals surface area contributed by atoms with Crippen LogP contribution in [0.15, 0.2) is 18.2 Å². The molecular weight excluding hydrogens is 296 g/mol. The van der Waals surface area contributed by atoms with E-state index in [0.29, 0.717) is 6.04 Å². The van der Waals surface area contributed by atoms with E-state index < -0.39 is 0 Å². The lowest BCUT2D eigenvalue weighted by atomic mass is 10.1. The Morgan fingerprint density at radius 1 is 1.46 bits per heavy atom. The van der Waals surface area contributed by atoms with Crippen LogP contribution in [0.1, 0.15) is 24.4 Å². The highest BCUT2D eigenvalue weighted by atomic mass is 127. The van der Waals surface area contributed by atoms with Crippen LogP contribution in [0.2, 0.25) is 5.02 Å². The summed E-state index contributed by atoms with van der Waals surface area (Å²) in [5.41, 5.74) is 1.35. The molecule has 1 fully saturated rings. The normalized spacial score (nSPS) is 22.2. The van der Waals surface area contributed by atoms with Crippen molar-refractivity contribution in [3.63, 3.8) is 0 Å². The fraction of sp³-hybridized carbons (Fsp3) is 0.400. The van der Waals surface area contributed by atoms with Gasteiger partial charge in [-0.25, -0.2) is 0 Å². The minimum absolute atomic E-state index is 0.519. The predicted molar refractivity (Wildman–Crippen MR) is 64.1 cm³/mol. The molecule has 0 radical (unpaired) electrons. The second-order valence-electron chi connectivity index (χ2n) is 3.29. The highest BCUT2D eigenvalue weighted by Gasteiger charge is 2.18. The van der Waals surface area contributed by atoms with Gasteiger partial charge < -0.3 is 5.32 Å². The Balaban J connectivity index is 2.33. The van der Waals surface area contributed by atoms with Gasteiger partial charge in [-0.15, -0.1) is 0 Å². The first-order valence-corrected chi connectivity index (χ1v) is 5.92. The van der Waals surface area contributed by atoms with Crippen molar-refractivity contribution in [1.29, 1.82) is 0 Å². The molecule has 0 bridgehead atoms. The van der Waals surface area contributed by atoms with E-state index in [2.05, 4.69) is 34.0 Å². The highest BCUT2D eigenvalue weighted by molar-refractivity contribution is 14.1. The SMILES string of the molecule is Clc1cccc([C@@H]2CCCN2)c1I. The third-order valence-electron chi connectivity index (χ3n) is 2.42. The average molecular weight is 308 g/mol. The zero-order valence-corrected chi connectivity index (χ0v) is 10.1. The average Bonchev–Trinajstić information content (AvgIpc) is 2.62. The predicted octanol–water partition coefficient (Wildman–Crippen LogP) is 3.37. The Bertz CT molecular complexity index is 308. The van der Waals surface area contributed by atoms with Gasteiger partial charge in [0, 0.05) is 9.61 Å². The van der Waals surface area contributed by atoms with Crippen LogP contribution < -0.4 is 5.32 Å². The Morgan fingerprint density at radius 2 is 2.31 bits per heavy atom. The molecule has 0 unspecified atom stereocenters. The molecule has 70 valence electrons. The Labute approximate surface area is 97.0 Å². The van der Waals surface area contributed by atoms with Crippen molar-refractivity contribution in [2.45, 2.75) is 18.9 Å². The smallest absolute Gasteiger partial charge is 0.0542 e. The van der Waals surface area contributed by atoms with E-state index in [1.165, 1.54) is 22.0 Å². The van der Waals surface area contributed by atoms with E-state index in [1.807, 2.05) is 12.1 Å². The van der Waals surface area contributed by atoms with Crippen molar-refractivity contribution < 1.29 is 0 Å². The lowest BCUT2D eigenvalue weighted by Crippen LogP contribution is -2.13. The molecule has 0 aliphatic carbocycles. The molecule has 3 heteroatoms. The zero-order chi connectivity index (χ0) is 9.26. The van der Waals surface area contributed by atoms with Crippen LogP contribution >= 0.6 is 34.2 Å². The van der Waals surface area contributed by atoms with Gasteiger partial charge in [0.1, 0.15) is 0 Å². The zero-order valence-electron chi connectivity index (χ0n) is 7.19. The largest absolute Gasteiger partial charge is 0.310 e. The Hall–Kier alpha value is 0.200. The molecule has 1 aliphatic rings. The van der Waals surface area contributed by atoms with Gasteiger partial charge in [0.15, 0.2) is 0 Å². The first kappa shape index (κ1) is 9.74. The maximum absolute atomic E-state index is 6.06. The molecule has 0 amide bonds. The van der Waals surface area contributed by atoms with Crippen LogP contribution in [0, 0.1) is 3.57 Å². The first-order chi connectivity index (χ1) is 6.29. The van der Waals surface area contributed by atoms with E-state index in [9.17, 15) is 0 Å². The van der Waals surface area contributed by atoms with E-state index in [1.54, 1.807) is 0 Å². The van der Waals surface area contributed by atoms with Gasteiger partial charge in [-0.1, -0.05) is 23.7 Å². The molecule has 13 heavy (non-hydrogen) atoms. The molecule has 0 saturated carbocycles. The second-order valence-corrected chi connectivity index (χ2v) is 4.78. The van der Waals surface area contributed by atoms with E-state index in [-0.39, 0.29) is 0 Å².